The van der Waals surface area contributed by atoms with Gasteiger partial charge in [-0.2, -0.15) is 0 Å². The maximum Gasteiger partial charge on any atom is 0.267 e. The molecule has 0 bridgehead atoms. The lowest BCUT2D eigenvalue weighted by molar-refractivity contribution is -0.128. The van der Waals surface area contributed by atoms with Crippen molar-refractivity contribution in [1.82, 2.24) is 5.32 Å². The van der Waals surface area contributed by atoms with Crippen LogP contribution in [0.3, 0.4) is 0 Å². The zero-order valence-corrected chi connectivity index (χ0v) is 10.7. The van der Waals surface area contributed by atoms with Crippen LogP contribution in [0.5, 0.6) is 0 Å². The fraction of sp³-hybridized carbons (Fsp3) is 0.200. The van der Waals surface area contributed by atoms with Gasteiger partial charge in [-0.15, -0.1) is 0 Å². The number of nitrogens with one attached hydrogen (secondary N) is 1. The van der Waals surface area contributed by atoms with E-state index < -0.39 is 18.0 Å². The number of benzene rings is 1. The molecule has 0 aliphatic carbocycles. The third-order valence-electron chi connectivity index (χ3n) is 1.84. The molecule has 1 atom stereocenters. The van der Waals surface area contributed by atoms with Gasteiger partial charge in [-0.25, -0.2) is 0 Å². The lowest BCUT2D eigenvalue weighted by Gasteiger charge is -2.13. The van der Waals surface area contributed by atoms with Gasteiger partial charge in [-0.1, -0.05) is 6.07 Å². The fourth-order valence-electron chi connectivity index (χ4n) is 1.08. The topological polar surface area (TPSA) is 81.4 Å². The summed E-state index contributed by atoms with van der Waals surface area (Å²) in [7, 11) is 1.30. The number of primary amides is 1. The van der Waals surface area contributed by atoms with Gasteiger partial charge in [0.1, 0.15) is 0 Å². The van der Waals surface area contributed by atoms with Crippen LogP contribution in [0.4, 0.5) is 0 Å². The van der Waals surface area contributed by atoms with Crippen molar-refractivity contribution in [3.63, 3.8) is 0 Å². The highest BCUT2D eigenvalue weighted by Crippen LogP contribution is 2.07. The minimum Gasteiger partial charge on any atom is -0.366 e. The van der Waals surface area contributed by atoms with Gasteiger partial charge in [-0.3, -0.25) is 9.59 Å². The van der Waals surface area contributed by atoms with Gasteiger partial charge in [-0.05, 0) is 40.8 Å². The normalized spacial score (nSPS) is 11.9. The number of ether oxygens (including phenoxy) is 1. The molecule has 1 unspecified atom stereocenters. The van der Waals surface area contributed by atoms with Crippen molar-refractivity contribution in [2.24, 2.45) is 5.73 Å². The summed E-state index contributed by atoms with van der Waals surface area (Å²) in [6, 6.07) is 6.96. The van der Waals surface area contributed by atoms with Crippen molar-refractivity contribution in [3.8, 4) is 0 Å². The van der Waals surface area contributed by atoms with E-state index in [1.165, 1.54) is 7.11 Å². The van der Waals surface area contributed by atoms with E-state index in [9.17, 15) is 9.59 Å². The van der Waals surface area contributed by atoms with Gasteiger partial charge in [0.2, 0.25) is 6.23 Å². The van der Waals surface area contributed by atoms with Crippen molar-refractivity contribution in [3.05, 3.63) is 33.4 Å². The highest BCUT2D eigenvalue weighted by Gasteiger charge is 2.17. The Bertz CT molecular complexity index is 409. The quantitative estimate of drug-likeness (QED) is 0.621. The summed E-state index contributed by atoms with van der Waals surface area (Å²) in [5.41, 5.74) is 5.48. The van der Waals surface area contributed by atoms with Gasteiger partial charge in [0, 0.05) is 16.2 Å². The number of hydrogen-bond donors (Lipinski definition) is 2. The molecule has 0 saturated carbocycles. The first-order valence-electron chi connectivity index (χ1n) is 4.43. The Hall–Kier alpha value is -1.15. The summed E-state index contributed by atoms with van der Waals surface area (Å²) in [4.78, 5) is 22.5. The third-order valence-corrected chi connectivity index (χ3v) is 2.51. The van der Waals surface area contributed by atoms with E-state index in [0.29, 0.717) is 5.56 Å². The maximum absolute atomic E-state index is 11.7. The lowest BCUT2D eigenvalue weighted by Crippen LogP contribution is -2.45. The smallest absolute Gasteiger partial charge is 0.267 e. The number of carbonyl (C=O) groups is 2. The van der Waals surface area contributed by atoms with Crippen LogP contribution in [-0.4, -0.2) is 25.2 Å². The molecule has 2 amide bonds. The molecule has 16 heavy (non-hydrogen) atoms. The molecule has 1 aromatic rings. The average Bonchev–Trinajstić information content (AvgIpc) is 2.25. The predicted octanol–water partition coefficient (Wildman–Crippen LogP) is 0.479. The largest absolute Gasteiger partial charge is 0.366 e. The summed E-state index contributed by atoms with van der Waals surface area (Å²) in [6.07, 6.45) is -1.11. The molecule has 0 aliphatic rings. The van der Waals surface area contributed by atoms with E-state index in [1.807, 2.05) is 6.07 Å². The van der Waals surface area contributed by atoms with Gasteiger partial charge in [0.25, 0.3) is 11.8 Å². The van der Waals surface area contributed by atoms with Crippen molar-refractivity contribution >= 4 is 34.4 Å². The van der Waals surface area contributed by atoms with Gasteiger partial charge < -0.3 is 15.8 Å². The molecule has 6 heteroatoms. The summed E-state index contributed by atoms with van der Waals surface area (Å²) >= 11 is 2.09. The van der Waals surface area contributed by atoms with Gasteiger partial charge in [0.05, 0.1) is 0 Å². The molecule has 1 rings (SSSR count). The molecule has 0 spiro atoms. The van der Waals surface area contributed by atoms with E-state index in [-0.39, 0.29) is 0 Å². The van der Waals surface area contributed by atoms with Crippen LogP contribution in [0.15, 0.2) is 24.3 Å². The number of halogens is 1. The highest BCUT2D eigenvalue weighted by atomic mass is 127. The molecule has 5 nitrogen and oxygen atoms in total. The Morgan fingerprint density at radius 3 is 2.69 bits per heavy atom. The highest BCUT2D eigenvalue weighted by molar-refractivity contribution is 14.1. The third kappa shape index (κ3) is 3.46. The van der Waals surface area contributed by atoms with Crippen LogP contribution in [0.2, 0.25) is 0 Å². The van der Waals surface area contributed by atoms with E-state index in [0.717, 1.165) is 3.57 Å². The van der Waals surface area contributed by atoms with Crippen LogP contribution in [0.25, 0.3) is 0 Å². The minimum atomic E-state index is -1.11. The monoisotopic (exact) mass is 334 g/mol. The number of amides is 2. The Labute approximate surface area is 106 Å². The Morgan fingerprint density at radius 2 is 2.19 bits per heavy atom. The maximum atomic E-state index is 11.7. The summed E-state index contributed by atoms with van der Waals surface area (Å²) in [6.45, 7) is 0. The predicted molar refractivity (Wildman–Crippen MR) is 66.6 cm³/mol. The van der Waals surface area contributed by atoms with E-state index in [1.54, 1.807) is 18.2 Å². The summed E-state index contributed by atoms with van der Waals surface area (Å²) in [5.74, 6) is -1.13. The number of methoxy groups -OCH3 is 1. The van der Waals surface area contributed by atoms with Crippen LogP contribution >= 0.6 is 22.6 Å². The van der Waals surface area contributed by atoms with E-state index in [2.05, 4.69) is 27.9 Å². The molecule has 1 aromatic carbocycles. The Morgan fingerprint density at radius 1 is 1.50 bits per heavy atom. The second-order valence-electron chi connectivity index (χ2n) is 3.00. The number of nitrogens with two attached hydrogens (primary N) is 1. The summed E-state index contributed by atoms with van der Waals surface area (Å²) in [5, 5.41) is 2.37. The number of rotatable bonds is 4. The van der Waals surface area contributed by atoms with Crippen LogP contribution in [0.1, 0.15) is 10.4 Å². The Balaban J connectivity index is 2.75. The standard InChI is InChI=1S/C10H11IN2O3/c1-16-10(8(12)14)13-9(15)6-3-2-4-7(11)5-6/h2-5,10H,1H3,(H2,12,14)(H,13,15). The van der Waals surface area contributed by atoms with Crippen molar-refractivity contribution < 1.29 is 14.3 Å². The van der Waals surface area contributed by atoms with E-state index in [4.69, 9.17) is 10.5 Å². The van der Waals surface area contributed by atoms with Crippen molar-refractivity contribution in [1.29, 1.82) is 0 Å². The lowest BCUT2D eigenvalue weighted by atomic mass is 10.2. The molecule has 86 valence electrons. The molecule has 0 aromatic heterocycles. The average molecular weight is 334 g/mol. The van der Waals surface area contributed by atoms with Crippen molar-refractivity contribution in [2.45, 2.75) is 6.23 Å². The molecule has 0 radical (unpaired) electrons. The zero-order chi connectivity index (χ0) is 12.1. The SMILES string of the molecule is COC(NC(=O)c1cccc(I)c1)C(N)=O. The fourth-order valence-corrected chi connectivity index (χ4v) is 1.62. The van der Waals surface area contributed by atoms with Crippen LogP contribution in [0, 0.1) is 3.57 Å². The second kappa shape index (κ2) is 5.80. The number of carbonyl (C=O) groups excluding carboxylic acids is 2. The number of hydrogen-bond acceptors (Lipinski definition) is 3. The van der Waals surface area contributed by atoms with Crippen LogP contribution < -0.4 is 11.1 Å². The minimum absolute atomic E-state index is 0.399. The van der Waals surface area contributed by atoms with Crippen LogP contribution in [-0.2, 0) is 9.53 Å². The molecular formula is C10H11IN2O3. The molecular weight excluding hydrogens is 323 g/mol. The molecule has 3 N–H and O–H groups in total. The Kier molecular flexibility index (Phi) is 4.69. The molecule has 0 aliphatic heterocycles. The van der Waals surface area contributed by atoms with E-state index >= 15 is 0 Å². The molecule has 0 saturated heterocycles. The molecule has 0 fully saturated rings. The van der Waals surface area contributed by atoms with Gasteiger partial charge in [0.15, 0.2) is 0 Å². The summed E-state index contributed by atoms with van der Waals surface area (Å²) < 4.78 is 5.65. The molecule has 0 heterocycles. The van der Waals surface area contributed by atoms with Crippen molar-refractivity contribution in [2.75, 3.05) is 7.11 Å². The first-order valence-corrected chi connectivity index (χ1v) is 5.51. The first-order chi connectivity index (χ1) is 7.54. The first kappa shape index (κ1) is 12.9. The zero-order valence-electron chi connectivity index (χ0n) is 8.57. The van der Waals surface area contributed by atoms with Gasteiger partial charge >= 0.3 is 0 Å². The second-order valence-corrected chi connectivity index (χ2v) is 4.25.